The number of piperidine rings is 1. The van der Waals surface area contributed by atoms with Crippen LogP contribution >= 0.6 is 0 Å². The third kappa shape index (κ3) is 5.15. The van der Waals surface area contributed by atoms with E-state index in [0.717, 1.165) is 60.9 Å². The van der Waals surface area contributed by atoms with Crippen LogP contribution in [0.2, 0.25) is 0 Å². The lowest BCUT2D eigenvalue weighted by Crippen LogP contribution is -2.30. The number of benzene rings is 2. The maximum Gasteiger partial charge on any atom is 0.137 e. The van der Waals surface area contributed by atoms with Crippen molar-refractivity contribution in [3.05, 3.63) is 54.4 Å². The van der Waals surface area contributed by atoms with Crippen LogP contribution in [0.1, 0.15) is 18.4 Å². The molecular weight excluding hydrogens is 364 g/mol. The first kappa shape index (κ1) is 19.5. The summed E-state index contributed by atoms with van der Waals surface area (Å²) in [6.45, 7) is 3.74. The molecule has 2 heterocycles. The molecule has 6 nitrogen and oxygen atoms in total. The van der Waals surface area contributed by atoms with Crippen LogP contribution in [-0.2, 0) is 6.42 Å². The molecule has 152 valence electrons. The smallest absolute Gasteiger partial charge is 0.137 e. The van der Waals surface area contributed by atoms with E-state index in [-0.39, 0.29) is 0 Å². The summed E-state index contributed by atoms with van der Waals surface area (Å²) in [6.07, 6.45) is 4.87. The van der Waals surface area contributed by atoms with Gasteiger partial charge in [-0.3, -0.25) is 0 Å². The monoisotopic (exact) mass is 392 g/mol. The van der Waals surface area contributed by atoms with Gasteiger partial charge >= 0.3 is 0 Å². The summed E-state index contributed by atoms with van der Waals surface area (Å²) in [5.41, 5.74) is 2.15. The summed E-state index contributed by atoms with van der Waals surface area (Å²) < 4.78 is 11.2. The Morgan fingerprint density at radius 2 is 1.83 bits per heavy atom. The van der Waals surface area contributed by atoms with Crippen LogP contribution in [0.15, 0.2) is 48.8 Å². The number of hydrogen-bond acceptors (Lipinski definition) is 6. The molecule has 1 aliphatic rings. The van der Waals surface area contributed by atoms with Crippen LogP contribution in [0.5, 0.6) is 11.5 Å². The van der Waals surface area contributed by atoms with Crippen LogP contribution in [-0.4, -0.2) is 43.3 Å². The first-order chi connectivity index (χ1) is 14.3. The number of ether oxygens (including phenoxy) is 2. The van der Waals surface area contributed by atoms with Crippen molar-refractivity contribution in [3.63, 3.8) is 0 Å². The number of nitrogens with one attached hydrogen (secondary N) is 2. The molecule has 0 saturated carbocycles. The van der Waals surface area contributed by atoms with Gasteiger partial charge in [-0.2, -0.15) is 0 Å². The second-order valence-corrected chi connectivity index (χ2v) is 7.43. The highest BCUT2D eigenvalue weighted by atomic mass is 16.5. The zero-order chi connectivity index (χ0) is 19.9. The fourth-order valence-corrected chi connectivity index (χ4v) is 3.65. The topological polar surface area (TPSA) is 68.3 Å². The van der Waals surface area contributed by atoms with Crippen molar-refractivity contribution in [2.45, 2.75) is 19.3 Å². The van der Waals surface area contributed by atoms with Crippen molar-refractivity contribution in [1.29, 1.82) is 0 Å². The molecule has 1 aliphatic heterocycles. The maximum absolute atomic E-state index is 6.03. The number of fused-ring (bicyclic) bond motifs is 1. The number of nitrogens with zero attached hydrogens (tertiary/aromatic N) is 2. The van der Waals surface area contributed by atoms with Gasteiger partial charge in [0, 0.05) is 18.0 Å². The summed E-state index contributed by atoms with van der Waals surface area (Å²) in [5.74, 6) is 3.24. The average molecular weight is 393 g/mol. The van der Waals surface area contributed by atoms with Gasteiger partial charge in [0.05, 0.1) is 19.2 Å². The second kappa shape index (κ2) is 9.56. The molecule has 3 aromatic rings. The third-order valence-corrected chi connectivity index (χ3v) is 5.42. The summed E-state index contributed by atoms with van der Waals surface area (Å²) in [4.78, 5) is 8.85. The SMILES string of the molecule is COc1ccc(CCNc2ncnc3cc(OCC4CCNCC4)ccc23)cc1. The lowest BCUT2D eigenvalue weighted by molar-refractivity contribution is 0.215. The molecule has 2 N–H and O–H groups in total. The third-order valence-electron chi connectivity index (χ3n) is 5.42. The lowest BCUT2D eigenvalue weighted by Gasteiger charge is -2.22. The molecule has 0 spiro atoms. The standard InChI is InChI=1S/C23H28N4O2/c1-28-19-4-2-17(3-5-19)10-13-25-23-21-7-6-20(14-22(21)26-16-27-23)29-15-18-8-11-24-12-9-18/h2-7,14,16,18,24H,8-13,15H2,1H3,(H,25,26,27). The highest BCUT2D eigenvalue weighted by molar-refractivity contribution is 5.89. The molecule has 1 saturated heterocycles. The van der Waals surface area contributed by atoms with E-state index in [0.29, 0.717) is 5.92 Å². The van der Waals surface area contributed by atoms with Gasteiger partial charge in [-0.05, 0) is 68.1 Å². The van der Waals surface area contributed by atoms with Crippen molar-refractivity contribution in [3.8, 4) is 11.5 Å². The van der Waals surface area contributed by atoms with Crippen LogP contribution in [0, 0.1) is 5.92 Å². The predicted molar refractivity (Wildman–Crippen MR) is 116 cm³/mol. The van der Waals surface area contributed by atoms with E-state index in [1.54, 1.807) is 13.4 Å². The fraction of sp³-hybridized carbons (Fsp3) is 0.391. The van der Waals surface area contributed by atoms with Crippen LogP contribution < -0.4 is 20.1 Å². The molecule has 1 aromatic heterocycles. The van der Waals surface area contributed by atoms with Gasteiger partial charge in [-0.1, -0.05) is 12.1 Å². The van der Waals surface area contributed by atoms with Crippen LogP contribution in [0.3, 0.4) is 0 Å². The summed E-state index contributed by atoms with van der Waals surface area (Å²) in [5, 5.41) is 7.84. The van der Waals surface area contributed by atoms with E-state index in [1.165, 1.54) is 18.4 Å². The minimum atomic E-state index is 0.632. The molecule has 0 unspecified atom stereocenters. The van der Waals surface area contributed by atoms with Crippen molar-refractivity contribution < 1.29 is 9.47 Å². The molecule has 0 amide bonds. The van der Waals surface area contributed by atoms with E-state index in [2.05, 4.69) is 32.7 Å². The van der Waals surface area contributed by atoms with Gasteiger partial charge in [0.1, 0.15) is 23.6 Å². The van der Waals surface area contributed by atoms with Gasteiger partial charge in [0.25, 0.3) is 0 Å². The van der Waals surface area contributed by atoms with E-state index in [9.17, 15) is 0 Å². The number of rotatable bonds is 8. The average Bonchev–Trinajstić information content (AvgIpc) is 2.79. The van der Waals surface area contributed by atoms with Gasteiger partial charge in [0.2, 0.25) is 0 Å². The quantitative estimate of drug-likeness (QED) is 0.610. The largest absolute Gasteiger partial charge is 0.497 e. The van der Waals surface area contributed by atoms with Gasteiger partial charge in [-0.25, -0.2) is 9.97 Å². The Balaban J connectivity index is 1.36. The van der Waals surface area contributed by atoms with Crippen molar-refractivity contribution >= 4 is 16.7 Å². The summed E-state index contributed by atoms with van der Waals surface area (Å²) in [7, 11) is 1.68. The zero-order valence-corrected chi connectivity index (χ0v) is 16.9. The number of anilines is 1. The first-order valence-electron chi connectivity index (χ1n) is 10.3. The summed E-state index contributed by atoms with van der Waals surface area (Å²) in [6, 6.07) is 14.2. The molecule has 4 rings (SSSR count). The molecule has 0 radical (unpaired) electrons. The van der Waals surface area contributed by atoms with E-state index in [4.69, 9.17) is 9.47 Å². The Labute approximate surface area is 171 Å². The van der Waals surface area contributed by atoms with E-state index < -0.39 is 0 Å². The Morgan fingerprint density at radius 3 is 2.62 bits per heavy atom. The Morgan fingerprint density at radius 1 is 1.03 bits per heavy atom. The Bertz CT molecular complexity index is 924. The predicted octanol–water partition coefficient (Wildman–Crippen LogP) is 3.67. The normalized spacial score (nSPS) is 14.7. The molecule has 29 heavy (non-hydrogen) atoms. The van der Waals surface area contributed by atoms with E-state index in [1.807, 2.05) is 30.3 Å². The number of hydrogen-bond donors (Lipinski definition) is 2. The Hall–Kier alpha value is -2.86. The fourth-order valence-electron chi connectivity index (χ4n) is 3.65. The number of aromatic nitrogens is 2. The maximum atomic E-state index is 6.03. The van der Waals surface area contributed by atoms with E-state index >= 15 is 0 Å². The van der Waals surface area contributed by atoms with Crippen molar-refractivity contribution in [2.24, 2.45) is 5.92 Å². The van der Waals surface area contributed by atoms with Crippen LogP contribution in [0.25, 0.3) is 10.9 Å². The summed E-state index contributed by atoms with van der Waals surface area (Å²) >= 11 is 0. The molecular formula is C23H28N4O2. The first-order valence-corrected chi connectivity index (χ1v) is 10.3. The molecule has 0 atom stereocenters. The highest BCUT2D eigenvalue weighted by Gasteiger charge is 2.14. The lowest BCUT2D eigenvalue weighted by atomic mass is 9.99. The Kier molecular flexibility index (Phi) is 6.42. The van der Waals surface area contributed by atoms with Gasteiger partial charge < -0.3 is 20.1 Å². The van der Waals surface area contributed by atoms with Gasteiger partial charge in [-0.15, -0.1) is 0 Å². The molecule has 1 fully saturated rings. The van der Waals surface area contributed by atoms with Gasteiger partial charge in [0.15, 0.2) is 0 Å². The molecule has 6 heteroatoms. The minimum absolute atomic E-state index is 0.632. The molecule has 0 bridgehead atoms. The number of methoxy groups -OCH3 is 1. The highest BCUT2D eigenvalue weighted by Crippen LogP contribution is 2.25. The van der Waals surface area contributed by atoms with Crippen molar-refractivity contribution in [2.75, 3.05) is 38.7 Å². The molecule has 2 aromatic carbocycles. The zero-order valence-electron chi connectivity index (χ0n) is 16.9. The minimum Gasteiger partial charge on any atom is -0.497 e. The second-order valence-electron chi connectivity index (χ2n) is 7.43. The van der Waals surface area contributed by atoms with Crippen molar-refractivity contribution in [1.82, 2.24) is 15.3 Å². The molecule has 0 aliphatic carbocycles. The van der Waals surface area contributed by atoms with Crippen LogP contribution in [0.4, 0.5) is 5.82 Å².